The summed E-state index contributed by atoms with van der Waals surface area (Å²) in [5, 5.41) is 16.2. The number of nitrogens with zero attached hydrogens (tertiary/aromatic N) is 4. The van der Waals surface area contributed by atoms with Crippen molar-refractivity contribution in [3.8, 4) is 22.8 Å². The second kappa shape index (κ2) is 7.13. The minimum atomic E-state index is -0.0545. The number of aryl methyl sites for hydroxylation is 1. The Morgan fingerprint density at radius 3 is 2.50 bits per heavy atom. The highest BCUT2D eigenvalue weighted by molar-refractivity contribution is 7.99. The number of benzene rings is 2. The average Bonchev–Trinajstić information content (AvgIpc) is 3.33. The van der Waals surface area contributed by atoms with Crippen molar-refractivity contribution in [2.75, 3.05) is 0 Å². The lowest BCUT2D eigenvalue weighted by Gasteiger charge is -2.02. The van der Waals surface area contributed by atoms with Gasteiger partial charge in [0.2, 0.25) is 16.9 Å². The summed E-state index contributed by atoms with van der Waals surface area (Å²) in [6.45, 7) is 4.04. The van der Waals surface area contributed by atoms with E-state index in [9.17, 15) is 0 Å². The summed E-state index contributed by atoms with van der Waals surface area (Å²) in [4.78, 5) is 4.53. The van der Waals surface area contributed by atoms with Gasteiger partial charge in [-0.15, -0.1) is 15.3 Å². The second-order valence-corrected chi connectivity index (χ2v) is 7.21. The first-order valence-electron chi connectivity index (χ1n) is 8.24. The van der Waals surface area contributed by atoms with Crippen LogP contribution >= 0.6 is 11.8 Å². The molecular formula is C19H17N5OS. The molecule has 2 aromatic carbocycles. The molecule has 7 heteroatoms. The maximum atomic E-state index is 5.83. The van der Waals surface area contributed by atoms with Crippen LogP contribution in [-0.2, 0) is 0 Å². The van der Waals surface area contributed by atoms with E-state index in [0.29, 0.717) is 16.9 Å². The minimum Gasteiger partial charge on any atom is -0.419 e. The Balaban J connectivity index is 1.48. The standard InChI is InChI=1S/C19H17N5OS/c1-12-8-10-15(11-9-12)18-23-22-17(25-18)13(2)26-19-20-16(21-24-19)14-6-4-3-5-7-14/h3-11,13H,1-2H3,(H,20,21,24)/t13-/m1/s1. The fourth-order valence-corrected chi connectivity index (χ4v) is 3.20. The first-order chi connectivity index (χ1) is 12.7. The van der Waals surface area contributed by atoms with Crippen molar-refractivity contribution in [3.63, 3.8) is 0 Å². The van der Waals surface area contributed by atoms with E-state index < -0.39 is 0 Å². The summed E-state index contributed by atoms with van der Waals surface area (Å²) in [6, 6.07) is 17.9. The number of hydrogen-bond donors (Lipinski definition) is 1. The average molecular weight is 363 g/mol. The lowest BCUT2D eigenvalue weighted by Crippen LogP contribution is -1.89. The van der Waals surface area contributed by atoms with Crippen LogP contribution in [0.4, 0.5) is 0 Å². The van der Waals surface area contributed by atoms with Gasteiger partial charge in [-0.25, -0.2) is 4.98 Å². The van der Waals surface area contributed by atoms with Gasteiger partial charge < -0.3 is 4.42 Å². The summed E-state index contributed by atoms with van der Waals surface area (Å²) in [5.74, 6) is 1.82. The van der Waals surface area contributed by atoms with Crippen LogP contribution in [0.2, 0.25) is 0 Å². The molecule has 0 saturated carbocycles. The van der Waals surface area contributed by atoms with Gasteiger partial charge in [-0.05, 0) is 26.0 Å². The smallest absolute Gasteiger partial charge is 0.247 e. The maximum Gasteiger partial charge on any atom is 0.247 e. The van der Waals surface area contributed by atoms with Gasteiger partial charge in [0.05, 0.1) is 5.25 Å². The molecule has 26 heavy (non-hydrogen) atoms. The highest BCUT2D eigenvalue weighted by Gasteiger charge is 2.18. The van der Waals surface area contributed by atoms with Crippen molar-refractivity contribution in [1.82, 2.24) is 25.4 Å². The SMILES string of the molecule is Cc1ccc(-c2nnc([C@@H](C)Sc3n[nH]c(-c4ccccc4)n3)o2)cc1. The quantitative estimate of drug-likeness (QED) is 0.518. The zero-order valence-corrected chi connectivity index (χ0v) is 15.2. The molecule has 0 bridgehead atoms. The zero-order valence-electron chi connectivity index (χ0n) is 14.4. The summed E-state index contributed by atoms with van der Waals surface area (Å²) < 4.78 is 5.83. The molecule has 0 amide bonds. The van der Waals surface area contributed by atoms with Crippen LogP contribution in [0.25, 0.3) is 22.8 Å². The molecule has 0 spiro atoms. The molecule has 2 aromatic heterocycles. The Hall–Kier alpha value is -2.93. The van der Waals surface area contributed by atoms with E-state index in [1.165, 1.54) is 17.3 Å². The van der Waals surface area contributed by atoms with E-state index in [1.54, 1.807) is 0 Å². The van der Waals surface area contributed by atoms with E-state index in [2.05, 4.69) is 25.4 Å². The van der Waals surface area contributed by atoms with Crippen LogP contribution in [0.15, 0.2) is 64.2 Å². The summed E-state index contributed by atoms with van der Waals surface area (Å²) in [6.07, 6.45) is 0. The third-order valence-corrected chi connectivity index (χ3v) is 4.83. The monoisotopic (exact) mass is 363 g/mol. The molecule has 2 heterocycles. The van der Waals surface area contributed by atoms with Crippen LogP contribution in [-0.4, -0.2) is 25.4 Å². The van der Waals surface area contributed by atoms with E-state index in [4.69, 9.17) is 4.42 Å². The highest BCUT2D eigenvalue weighted by Crippen LogP contribution is 2.33. The molecule has 0 radical (unpaired) electrons. The Kier molecular flexibility index (Phi) is 4.53. The number of aromatic amines is 1. The number of hydrogen-bond acceptors (Lipinski definition) is 6. The van der Waals surface area contributed by atoms with E-state index in [1.807, 2.05) is 68.4 Å². The van der Waals surface area contributed by atoms with Crippen LogP contribution in [0.1, 0.15) is 23.6 Å². The summed E-state index contributed by atoms with van der Waals surface area (Å²) in [5.41, 5.74) is 3.10. The number of nitrogens with one attached hydrogen (secondary N) is 1. The highest BCUT2D eigenvalue weighted by atomic mass is 32.2. The van der Waals surface area contributed by atoms with Crippen LogP contribution in [0.5, 0.6) is 0 Å². The largest absolute Gasteiger partial charge is 0.419 e. The summed E-state index contributed by atoms with van der Waals surface area (Å²) in [7, 11) is 0. The lowest BCUT2D eigenvalue weighted by molar-refractivity contribution is 0.509. The molecule has 0 aliphatic rings. The van der Waals surface area contributed by atoms with Gasteiger partial charge in [0.15, 0.2) is 5.82 Å². The second-order valence-electron chi connectivity index (χ2n) is 5.90. The molecule has 0 saturated heterocycles. The van der Waals surface area contributed by atoms with Gasteiger partial charge in [0.1, 0.15) is 0 Å². The fourth-order valence-electron chi connectivity index (χ4n) is 2.44. The molecule has 1 N–H and O–H groups in total. The Morgan fingerprint density at radius 1 is 0.962 bits per heavy atom. The lowest BCUT2D eigenvalue weighted by atomic mass is 10.1. The topological polar surface area (TPSA) is 80.5 Å². The van der Waals surface area contributed by atoms with Gasteiger partial charge in [-0.3, -0.25) is 5.10 Å². The zero-order chi connectivity index (χ0) is 17.9. The molecule has 0 fully saturated rings. The Bertz CT molecular complexity index is 994. The molecule has 6 nitrogen and oxygen atoms in total. The van der Waals surface area contributed by atoms with E-state index in [0.717, 1.165) is 17.0 Å². The number of rotatable bonds is 5. The van der Waals surface area contributed by atoms with Crippen molar-refractivity contribution in [1.29, 1.82) is 0 Å². The molecular weight excluding hydrogens is 346 g/mol. The van der Waals surface area contributed by atoms with Gasteiger partial charge in [-0.2, -0.15) is 0 Å². The maximum absolute atomic E-state index is 5.83. The molecule has 4 aromatic rings. The first kappa shape index (κ1) is 16.5. The van der Waals surface area contributed by atoms with Gasteiger partial charge in [0.25, 0.3) is 0 Å². The predicted octanol–water partition coefficient (Wildman–Crippen LogP) is 4.68. The molecule has 0 aliphatic heterocycles. The fraction of sp³-hybridized carbons (Fsp3) is 0.158. The predicted molar refractivity (Wildman–Crippen MR) is 101 cm³/mol. The van der Waals surface area contributed by atoms with Crippen molar-refractivity contribution in [2.24, 2.45) is 0 Å². The van der Waals surface area contributed by atoms with Gasteiger partial charge in [-0.1, -0.05) is 59.8 Å². The molecule has 0 unspecified atom stereocenters. The van der Waals surface area contributed by atoms with Crippen molar-refractivity contribution in [2.45, 2.75) is 24.3 Å². The van der Waals surface area contributed by atoms with Crippen LogP contribution < -0.4 is 0 Å². The number of H-pyrrole nitrogens is 1. The van der Waals surface area contributed by atoms with E-state index in [-0.39, 0.29) is 5.25 Å². The summed E-state index contributed by atoms with van der Waals surface area (Å²) >= 11 is 1.47. The molecule has 1 atom stereocenters. The van der Waals surface area contributed by atoms with Crippen molar-refractivity contribution < 1.29 is 4.42 Å². The first-order valence-corrected chi connectivity index (χ1v) is 9.12. The number of thioether (sulfide) groups is 1. The normalized spacial score (nSPS) is 12.2. The molecule has 0 aliphatic carbocycles. The van der Waals surface area contributed by atoms with E-state index >= 15 is 0 Å². The Labute approximate surface area is 155 Å². The van der Waals surface area contributed by atoms with Gasteiger partial charge in [0, 0.05) is 11.1 Å². The van der Waals surface area contributed by atoms with Gasteiger partial charge >= 0.3 is 0 Å². The molecule has 4 rings (SSSR count). The van der Waals surface area contributed by atoms with Crippen LogP contribution in [0, 0.1) is 6.92 Å². The third kappa shape index (κ3) is 3.52. The van der Waals surface area contributed by atoms with Crippen molar-refractivity contribution in [3.05, 3.63) is 66.1 Å². The number of aromatic nitrogens is 5. The third-order valence-electron chi connectivity index (χ3n) is 3.88. The minimum absolute atomic E-state index is 0.0545. The van der Waals surface area contributed by atoms with Crippen LogP contribution in [0.3, 0.4) is 0 Å². The Morgan fingerprint density at radius 2 is 1.73 bits per heavy atom. The van der Waals surface area contributed by atoms with Crippen molar-refractivity contribution >= 4 is 11.8 Å². The molecule has 130 valence electrons.